The smallest absolute Gasteiger partial charge is 0.123 e. The molecule has 1 aromatic carbocycles. The third-order valence-corrected chi connectivity index (χ3v) is 2.00. The molecule has 2 nitrogen and oxygen atoms in total. The Kier molecular flexibility index (Phi) is 3.58. The summed E-state index contributed by atoms with van der Waals surface area (Å²) < 4.78 is 5.13. The van der Waals surface area contributed by atoms with E-state index in [0.29, 0.717) is 11.4 Å². The molecule has 72 valence electrons. The van der Waals surface area contributed by atoms with E-state index in [1.807, 2.05) is 6.07 Å². The van der Waals surface area contributed by atoms with Gasteiger partial charge < -0.3 is 9.84 Å². The molecule has 3 heteroatoms. The van der Waals surface area contributed by atoms with Crippen LogP contribution in [0.4, 0.5) is 0 Å². The minimum absolute atomic E-state index is 0.366. The molecule has 13 heavy (non-hydrogen) atoms. The lowest BCUT2D eigenvalue weighted by molar-refractivity contribution is 0.194. The zero-order valence-corrected chi connectivity index (χ0v) is 8.51. The second-order valence-corrected chi connectivity index (χ2v) is 3.45. The first-order chi connectivity index (χ1) is 6.13. The highest BCUT2D eigenvalue weighted by Crippen LogP contribution is 2.24. The van der Waals surface area contributed by atoms with Crippen LogP contribution >= 0.6 is 11.6 Å². The van der Waals surface area contributed by atoms with Crippen LogP contribution in [0.3, 0.4) is 0 Å². The largest absolute Gasteiger partial charge is 0.496 e. The molecule has 0 radical (unpaired) electrons. The van der Waals surface area contributed by atoms with Gasteiger partial charge in [-0.05, 0) is 24.6 Å². The molecule has 0 unspecified atom stereocenters. The highest BCUT2D eigenvalue weighted by atomic mass is 35.5. The van der Waals surface area contributed by atoms with E-state index in [2.05, 4.69) is 0 Å². The zero-order valence-electron chi connectivity index (χ0n) is 7.75. The molecule has 0 bridgehead atoms. The van der Waals surface area contributed by atoms with Crippen molar-refractivity contribution in [2.75, 3.05) is 7.11 Å². The molecule has 0 aliphatic carbocycles. The second kappa shape index (κ2) is 4.49. The van der Waals surface area contributed by atoms with Crippen LogP contribution in [0.1, 0.15) is 12.5 Å². The van der Waals surface area contributed by atoms with Gasteiger partial charge in [-0.3, -0.25) is 0 Å². The molecule has 0 aliphatic heterocycles. The monoisotopic (exact) mass is 200 g/mol. The minimum atomic E-state index is -0.366. The van der Waals surface area contributed by atoms with E-state index < -0.39 is 0 Å². The molecule has 0 aromatic heterocycles. The highest BCUT2D eigenvalue weighted by molar-refractivity contribution is 6.30. The van der Waals surface area contributed by atoms with Gasteiger partial charge in [-0.2, -0.15) is 0 Å². The first-order valence-electron chi connectivity index (χ1n) is 4.14. The number of hydrogen-bond donors (Lipinski definition) is 1. The Bertz CT molecular complexity index is 284. The van der Waals surface area contributed by atoms with Gasteiger partial charge in [-0.15, -0.1) is 0 Å². The van der Waals surface area contributed by atoms with Crippen molar-refractivity contribution in [3.8, 4) is 5.75 Å². The van der Waals surface area contributed by atoms with Crippen LogP contribution < -0.4 is 4.74 Å². The zero-order chi connectivity index (χ0) is 9.84. The Morgan fingerprint density at radius 3 is 2.77 bits per heavy atom. The highest BCUT2D eigenvalue weighted by Gasteiger charge is 2.06. The molecular formula is C10H13ClO2. The van der Waals surface area contributed by atoms with Crippen LogP contribution in [0.25, 0.3) is 0 Å². The van der Waals surface area contributed by atoms with Gasteiger partial charge in [0.15, 0.2) is 0 Å². The summed E-state index contributed by atoms with van der Waals surface area (Å²) in [6.45, 7) is 1.74. The number of methoxy groups -OCH3 is 1. The Hall–Kier alpha value is -0.730. The summed E-state index contributed by atoms with van der Waals surface area (Å²) in [5.74, 6) is 0.730. The third kappa shape index (κ3) is 2.90. The van der Waals surface area contributed by atoms with E-state index in [-0.39, 0.29) is 6.10 Å². The number of aliphatic hydroxyl groups excluding tert-OH is 1. The lowest BCUT2D eigenvalue weighted by Gasteiger charge is -2.09. The van der Waals surface area contributed by atoms with E-state index in [1.165, 1.54) is 0 Å². The van der Waals surface area contributed by atoms with Gasteiger partial charge in [-0.1, -0.05) is 17.7 Å². The molecule has 0 saturated heterocycles. The van der Waals surface area contributed by atoms with Crippen LogP contribution in [0.15, 0.2) is 18.2 Å². The number of hydrogen-bond acceptors (Lipinski definition) is 2. The molecule has 1 N–H and O–H groups in total. The lowest BCUT2D eigenvalue weighted by atomic mass is 10.1. The van der Waals surface area contributed by atoms with Crippen molar-refractivity contribution < 1.29 is 9.84 Å². The van der Waals surface area contributed by atoms with Gasteiger partial charge >= 0.3 is 0 Å². The molecule has 1 rings (SSSR count). The third-order valence-electron chi connectivity index (χ3n) is 1.76. The fourth-order valence-electron chi connectivity index (χ4n) is 1.21. The molecule has 0 aliphatic rings. The fraction of sp³-hybridized carbons (Fsp3) is 0.400. The quantitative estimate of drug-likeness (QED) is 0.811. The Balaban J connectivity index is 2.92. The summed E-state index contributed by atoms with van der Waals surface area (Å²) in [5.41, 5.74) is 0.974. The van der Waals surface area contributed by atoms with Gasteiger partial charge in [0.05, 0.1) is 13.2 Å². The van der Waals surface area contributed by atoms with E-state index >= 15 is 0 Å². The predicted molar refractivity (Wildman–Crippen MR) is 53.4 cm³/mol. The summed E-state index contributed by atoms with van der Waals surface area (Å²) in [5, 5.41) is 9.85. The number of rotatable bonds is 3. The molecule has 0 amide bonds. The van der Waals surface area contributed by atoms with Gasteiger partial charge in [0.1, 0.15) is 5.75 Å². The van der Waals surface area contributed by atoms with Gasteiger partial charge in [0.25, 0.3) is 0 Å². The van der Waals surface area contributed by atoms with Crippen LogP contribution in [-0.2, 0) is 6.42 Å². The first kappa shape index (κ1) is 10.4. The first-order valence-corrected chi connectivity index (χ1v) is 4.51. The van der Waals surface area contributed by atoms with Crippen molar-refractivity contribution in [2.45, 2.75) is 19.4 Å². The maximum absolute atomic E-state index is 9.21. The molecule has 1 atom stereocenters. The lowest BCUT2D eigenvalue weighted by Crippen LogP contribution is -2.05. The van der Waals surface area contributed by atoms with Crippen molar-refractivity contribution in [2.24, 2.45) is 0 Å². The summed E-state index contributed by atoms with van der Waals surface area (Å²) in [6.07, 6.45) is 0.218. The molecule has 0 fully saturated rings. The van der Waals surface area contributed by atoms with E-state index in [1.54, 1.807) is 26.2 Å². The Morgan fingerprint density at radius 2 is 2.23 bits per heavy atom. The van der Waals surface area contributed by atoms with E-state index in [4.69, 9.17) is 16.3 Å². The van der Waals surface area contributed by atoms with Crippen molar-refractivity contribution >= 4 is 11.6 Å². The van der Waals surface area contributed by atoms with E-state index in [0.717, 1.165) is 11.3 Å². The average Bonchev–Trinajstić information content (AvgIpc) is 2.07. The van der Waals surface area contributed by atoms with Gasteiger partial charge in [0.2, 0.25) is 0 Å². The van der Waals surface area contributed by atoms with Crippen molar-refractivity contribution in [1.82, 2.24) is 0 Å². The van der Waals surface area contributed by atoms with E-state index in [9.17, 15) is 5.11 Å². The fourth-order valence-corrected chi connectivity index (χ4v) is 1.37. The van der Waals surface area contributed by atoms with Crippen LogP contribution in [0.2, 0.25) is 5.02 Å². The second-order valence-electron chi connectivity index (χ2n) is 3.01. The molecule has 0 heterocycles. The average molecular weight is 201 g/mol. The number of aliphatic hydroxyl groups is 1. The normalized spacial score (nSPS) is 12.6. The maximum atomic E-state index is 9.21. The molecule has 0 saturated carbocycles. The molecule has 1 aromatic rings. The van der Waals surface area contributed by atoms with Crippen LogP contribution in [-0.4, -0.2) is 18.3 Å². The topological polar surface area (TPSA) is 29.5 Å². The molecular weight excluding hydrogens is 188 g/mol. The summed E-state index contributed by atoms with van der Waals surface area (Å²) >= 11 is 5.79. The summed E-state index contributed by atoms with van der Waals surface area (Å²) in [4.78, 5) is 0. The number of halogens is 1. The van der Waals surface area contributed by atoms with Gasteiger partial charge in [0, 0.05) is 11.4 Å². The van der Waals surface area contributed by atoms with Crippen molar-refractivity contribution in [3.05, 3.63) is 28.8 Å². The van der Waals surface area contributed by atoms with Gasteiger partial charge in [-0.25, -0.2) is 0 Å². The van der Waals surface area contributed by atoms with Crippen molar-refractivity contribution in [3.63, 3.8) is 0 Å². The maximum Gasteiger partial charge on any atom is 0.123 e. The summed E-state index contributed by atoms with van der Waals surface area (Å²) in [6, 6.07) is 5.41. The van der Waals surface area contributed by atoms with Crippen molar-refractivity contribution in [1.29, 1.82) is 0 Å². The minimum Gasteiger partial charge on any atom is -0.496 e. The van der Waals surface area contributed by atoms with Crippen LogP contribution in [0, 0.1) is 0 Å². The molecule has 0 spiro atoms. The standard InChI is InChI=1S/C10H13ClO2/c1-7(12)5-8-3-4-9(11)6-10(8)13-2/h3-4,6-7,12H,5H2,1-2H3/t7-/m1/s1. The number of ether oxygens (including phenoxy) is 1. The van der Waals surface area contributed by atoms with Crippen LogP contribution in [0.5, 0.6) is 5.75 Å². The number of benzene rings is 1. The Morgan fingerprint density at radius 1 is 1.54 bits per heavy atom. The SMILES string of the molecule is COc1cc(Cl)ccc1C[C@@H](C)O. The summed E-state index contributed by atoms with van der Waals surface area (Å²) in [7, 11) is 1.59. The predicted octanol–water partition coefficient (Wildman–Crippen LogP) is 2.27. The Labute approximate surface area is 83.1 Å².